The number of likely N-dealkylation sites (tertiary alicyclic amines) is 1. The van der Waals surface area contributed by atoms with Gasteiger partial charge in [-0.3, -0.25) is 10.2 Å². The molecular formula is C24H25F5N8O2. The van der Waals surface area contributed by atoms with Gasteiger partial charge in [-0.25, -0.2) is 13.8 Å². The van der Waals surface area contributed by atoms with Gasteiger partial charge < -0.3 is 31.0 Å². The number of aromatic nitrogens is 2. The molecule has 1 aliphatic heterocycles. The van der Waals surface area contributed by atoms with Gasteiger partial charge in [-0.1, -0.05) is 6.07 Å². The molecule has 0 aliphatic carbocycles. The van der Waals surface area contributed by atoms with Gasteiger partial charge in [0.2, 0.25) is 5.95 Å². The maximum atomic E-state index is 13.7. The summed E-state index contributed by atoms with van der Waals surface area (Å²) in [5.41, 5.74) is -1.31. The number of piperidine rings is 1. The number of anilines is 2. The number of nitrogens with zero attached hydrogens (tertiary/aromatic N) is 3. The average Bonchev–Trinajstić information content (AvgIpc) is 2.88. The van der Waals surface area contributed by atoms with Crippen LogP contribution >= 0.6 is 0 Å². The fourth-order valence-corrected chi connectivity index (χ4v) is 3.73. The molecule has 39 heavy (non-hydrogen) atoms. The second kappa shape index (κ2) is 12.4. The van der Waals surface area contributed by atoms with Gasteiger partial charge in [0.25, 0.3) is 5.91 Å². The van der Waals surface area contributed by atoms with E-state index in [0.717, 1.165) is 24.5 Å². The van der Waals surface area contributed by atoms with Crippen molar-refractivity contribution in [1.82, 2.24) is 20.2 Å². The summed E-state index contributed by atoms with van der Waals surface area (Å²) in [5, 5.41) is 23.2. The number of alkyl halides is 3. The first-order valence-electron chi connectivity index (χ1n) is 11.4. The van der Waals surface area contributed by atoms with Crippen LogP contribution in [-0.4, -0.2) is 59.5 Å². The highest BCUT2D eigenvalue weighted by Crippen LogP contribution is 2.34. The largest absolute Gasteiger partial charge is 0.421 e. The SMILES string of the molecule is CN/C(=C\C=N)Nc1ncc(C(F)(F)F)c(N/C=C2/C[C@H](COC)N(Cc3ccc(F)c(F)c3)C(=O)C2=N)n1. The molecule has 1 saturated heterocycles. The minimum Gasteiger partial charge on any atom is -0.383 e. The summed E-state index contributed by atoms with van der Waals surface area (Å²) in [4.78, 5) is 21.8. The zero-order chi connectivity index (χ0) is 28.7. The van der Waals surface area contributed by atoms with Crippen LogP contribution in [0, 0.1) is 22.5 Å². The smallest absolute Gasteiger partial charge is 0.383 e. The molecule has 0 bridgehead atoms. The second-order valence-electron chi connectivity index (χ2n) is 8.26. The highest BCUT2D eigenvalue weighted by molar-refractivity contribution is 6.44. The van der Waals surface area contributed by atoms with Crippen molar-refractivity contribution in [2.45, 2.75) is 25.2 Å². The Balaban J connectivity index is 1.89. The van der Waals surface area contributed by atoms with Gasteiger partial charge in [-0.2, -0.15) is 18.2 Å². The number of nitrogens with one attached hydrogen (secondary N) is 5. The number of amides is 1. The van der Waals surface area contributed by atoms with E-state index in [0.29, 0.717) is 6.20 Å². The van der Waals surface area contributed by atoms with Crippen LogP contribution in [0.15, 0.2) is 48.1 Å². The number of methoxy groups -OCH3 is 1. The van der Waals surface area contributed by atoms with E-state index in [4.69, 9.17) is 15.6 Å². The van der Waals surface area contributed by atoms with Crippen molar-refractivity contribution in [1.29, 1.82) is 10.8 Å². The summed E-state index contributed by atoms with van der Waals surface area (Å²) < 4.78 is 73.0. The van der Waals surface area contributed by atoms with E-state index in [-0.39, 0.29) is 42.5 Å². The number of ether oxygens (including phenoxy) is 1. The third-order valence-corrected chi connectivity index (χ3v) is 5.63. The van der Waals surface area contributed by atoms with Gasteiger partial charge in [0, 0.05) is 44.9 Å². The first-order valence-corrected chi connectivity index (χ1v) is 11.4. The molecule has 3 rings (SSSR count). The van der Waals surface area contributed by atoms with Crippen LogP contribution in [0.3, 0.4) is 0 Å². The molecule has 0 spiro atoms. The molecule has 1 fully saturated rings. The third kappa shape index (κ3) is 7.13. The molecule has 2 heterocycles. The second-order valence-corrected chi connectivity index (χ2v) is 8.26. The van der Waals surface area contributed by atoms with Crippen molar-refractivity contribution in [3.63, 3.8) is 0 Å². The predicted molar refractivity (Wildman–Crippen MR) is 133 cm³/mol. The van der Waals surface area contributed by atoms with Gasteiger partial charge in [0.15, 0.2) is 11.6 Å². The van der Waals surface area contributed by atoms with E-state index in [1.54, 1.807) is 0 Å². The topological polar surface area (TPSA) is 139 Å². The van der Waals surface area contributed by atoms with Gasteiger partial charge in [0.05, 0.1) is 12.6 Å². The summed E-state index contributed by atoms with van der Waals surface area (Å²) in [7, 11) is 2.91. The molecule has 0 unspecified atom stereocenters. The number of benzene rings is 1. The predicted octanol–water partition coefficient (Wildman–Crippen LogP) is 3.66. The highest BCUT2D eigenvalue weighted by atomic mass is 19.4. The summed E-state index contributed by atoms with van der Waals surface area (Å²) >= 11 is 0. The Morgan fingerprint density at radius 3 is 2.64 bits per heavy atom. The first-order chi connectivity index (χ1) is 18.5. The number of hydrogen-bond acceptors (Lipinski definition) is 9. The summed E-state index contributed by atoms with van der Waals surface area (Å²) in [6.07, 6.45) is -0.879. The molecule has 2 aromatic rings. The Labute approximate surface area is 220 Å². The van der Waals surface area contributed by atoms with E-state index in [1.165, 1.54) is 31.2 Å². The fourth-order valence-electron chi connectivity index (χ4n) is 3.73. The van der Waals surface area contributed by atoms with Gasteiger partial charge >= 0.3 is 6.18 Å². The van der Waals surface area contributed by atoms with Gasteiger partial charge in [-0.15, -0.1) is 0 Å². The lowest BCUT2D eigenvalue weighted by molar-refractivity contribution is -0.137. The number of carbonyl (C=O) groups excluding carboxylic acids is 1. The van der Waals surface area contributed by atoms with Crippen LogP contribution in [0.2, 0.25) is 0 Å². The van der Waals surface area contributed by atoms with Crippen LogP contribution in [0.4, 0.5) is 33.7 Å². The average molecular weight is 553 g/mol. The molecular weight excluding hydrogens is 527 g/mol. The van der Waals surface area contributed by atoms with Crippen molar-refractivity contribution in [3.8, 4) is 0 Å². The molecule has 1 amide bonds. The molecule has 1 atom stereocenters. The van der Waals surface area contributed by atoms with Crippen LogP contribution in [0.1, 0.15) is 17.5 Å². The highest BCUT2D eigenvalue weighted by Gasteiger charge is 2.37. The quantitative estimate of drug-likeness (QED) is 0.224. The standard InChI is InChI=1S/C24H25F5N8O2/c1-32-19(5-6-30)35-23-34-10-16(24(27,28)29)21(36-23)33-9-14-8-15(12-39-2)37(22(38)20(14)31)11-13-3-4-17(25)18(26)7-13/h3-7,9-10,15,30-32H,8,11-12H2,1-2H3,(H2,33,34,35,36)/b14-9-,19-5+,30-6?,31-20?/t15-/m1/s1. The van der Waals surface area contributed by atoms with Crippen LogP contribution in [0.25, 0.3) is 0 Å². The Morgan fingerprint density at radius 1 is 1.28 bits per heavy atom. The van der Waals surface area contributed by atoms with E-state index < -0.39 is 46.9 Å². The molecule has 10 nitrogen and oxygen atoms in total. The van der Waals surface area contributed by atoms with Crippen molar-refractivity contribution >= 4 is 29.6 Å². The van der Waals surface area contributed by atoms with Crippen LogP contribution < -0.4 is 16.0 Å². The minimum absolute atomic E-state index is 0.0154. The van der Waals surface area contributed by atoms with E-state index in [9.17, 15) is 26.7 Å². The molecule has 5 N–H and O–H groups in total. The zero-order valence-corrected chi connectivity index (χ0v) is 20.8. The maximum Gasteiger partial charge on any atom is 0.421 e. The summed E-state index contributed by atoms with van der Waals surface area (Å²) in [6, 6.07) is 2.53. The van der Waals surface area contributed by atoms with Gasteiger partial charge in [0.1, 0.15) is 22.9 Å². The Kier molecular flexibility index (Phi) is 9.29. The zero-order valence-electron chi connectivity index (χ0n) is 20.8. The molecule has 15 heteroatoms. The van der Waals surface area contributed by atoms with Crippen molar-refractivity contribution in [3.05, 3.63) is 70.8 Å². The number of carbonyl (C=O) groups is 1. The van der Waals surface area contributed by atoms with Crippen molar-refractivity contribution in [2.24, 2.45) is 0 Å². The van der Waals surface area contributed by atoms with Crippen LogP contribution in [-0.2, 0) is 22.3 Å². The Bertz CT molecular complexity index is 1310. The van der Waals surface area contributed by atoms with E-state index in [2.05, 4.69) is 25.9 Å². The fraction of sp³-hybridized carbons (Fsp3) is 0.292. The first kappa shape index (κ1) is 29.2. The molecule has 1 aromatic heterocycles. The number of rotatable bonds is 10. The summed E-state index contributed by atoms with van der Waals surface area (Å²) in [5.74, 6) is -3.50. The lowest BCUT2D eigenvalue weighted by Crippen LogP contribution is -2.50. The molecule has 0 saturated carbocycles. The van der Waals surface area contributed by atoms with Crippen molar-refractivity contribution in [2.75, 3.05) is 31.4 Å². The molecule has 1 aromatic carbocycles. The third-order valence-electron chi connectivity index (χ3n) is 5.63. The maximum absolute atomic E-state index is 13.7. The lowest BCUT2D eigenvalue weighted by atomic mass is 9.94. The Morgan fingerprint density at radius 2 is 2.03 bits per heavy atom. The number of halogens is 5. The van der Waals surface area contributed by atoms with Crippen LogP contribution in [0.5, 0.6) is 0 Å². The minimum atomic E-state index is -4.81. The normalized spacial score (nSPS) is 17.4. The van der Waals surface area contributed by atoms with Gasteiger partial charge in [-0.05, 0) is 30.2 Å². The number of allylic oxidation sites excluding steroid dienone is 1. The monoisotopic (exact) mass is 552 g/mol. The molecule has 208 valence electrons. The molecule has 0 radical (unpaired) electrons. The van der Waals surface area contributed by atoms with Crippen molar-refractivity contribution < 1.29 is 31.5 Å². The molecule has 1 aliphatic rings. The number of hydrogen-bond donors (Lipinski definition) is 5. The van der Waals surface area contributed by atoms with E-state index >= 15 is 0 Å². The van der Waals surface area contributed by atoms with E-state index in [1.807, 2.05) is 0 Å². The Hall–Kier alpha value is -4.40. The summed E-state index contributed by atoms with van der Waals surface area (Å²) in [6.45, 7) is -0.120. The lowest BCUT2D eigenvalue weighted by Gasteiger charge is -2.36.